The molecule has 2 N–H and O–H groups in total. The fraction of sp³-hybridized carbons (Fsp3) is 0.652. The maximum atomic E-state index is 13.5. The first-order chi connectivity index (χ1) is 14.5. The predicted molar refractivity (Wildman–Crippen MR) is 114 cm³/mol. The molecule has 1 aromatic rings. The van der Waals surface area contributed by atoms with E-state index in [2.05, 4.69) is 10.6 Å². The number of halogens is 3. The molecule has 0 heterocycles. The summed E-state index contributed by atoms with van der Waals surface area (Å²) in [4.78, 5) is 24.7. The molecule has 0 radical (unpaired) electrons. The Balaban J connectivity index is 2.24. The summed E-state index contributed by atoms with van der Waals surface area (Å²) >= 11 is 0. The molecule has 0 saturated heterocycles. The molecule has 2 rings (SSSR count). The van der Waals surface area contributed by atoms with Crippen LogP contribution in [0.1, 0.15) is 77.8 Å². The number of nitrogens with one attached hydrogen (secondary N) is 2. The van der Waals surface area contributed by atoms with Gasteiger partial charge < -0.3 is 20.1 Å². The molecular weight excluding hydrogens is 425 g/mol. The zero-order valence-electron chi connectivity index (χ0n) is 19.4. The van der Waals surface area contributed by atoms with Crippen molar-refractivity contribution in [1.29, 1.82) is 0 Å². The molecule has 32 heavy (non-hydrogen) atoms. The Morgan fingerprint density at radius 2 is 1.34 bits per heavy atom. The second-order valence-electron chi connectivity index (χ2n) is 10.1. The molecule has 0 aromatic heterocycles. The number of carbonyl (C=O) groups excluding carboxylic acids is 2. The van der Waals surface area contributed by atoms with E-state index in [0.29, 0.717) is 12.8 Å². The van der Waals surface area contributed by atoms with Crippen molar-refractivity contribution >= 4 is 12.2 Å². The first-order valence-corrected chi connectivity index (χ1v) is 10.7. The lowest BCUT2D eigenvalue weighted by atomic mass is 9.77. The number of carbonyl (C=O) groups is 2. The van der Waals surface area contributed by atoms with Crippen LogP contribution < -0.4 is 10.6 Å². The first kappa shape index (κ1) is 25.8. The van der Waals surface area contributed by atoms with Gasteiger partial charge in [0, 0.05) is 0 Å². The van der Waals surface area contributed by atoms with Crippen molar-refractivity contribution in [3.8, 4) is 0 Å². The average molecular weight is 459 g/mol. The lowest BCUT2D eigenvalue weighted by molar-refractivity contribution is -0.138. The Hall–Kier alpha value is -2.45. The van der Waals surface area contributed by atoms with Crippen LogP contribution in [0.5, 0.6) is 0 Å². The summed E-state index contributed by atoms with van der Waals surface area (Å²) in [5.74, 6) is -0.440. The fourth-order valence-corrected chi connectivity index (χ4v) is 3.81. The van der Waals surface area contributed by atoms with Crippen LogP contribution in [0.2, 0.25) is 0 Å². The summed E-state index contributed by atoms with van der Waals surface area (Å²) in [6.45, 7) is 10.3. The van der Waals surface area contributed by atoms with Crippen LogP contribution in [-0.4, -0.2) is 35.5 Å². The summed E-state index contributed by atoms with van der Waals surface area (Å²) in [6.07, 6.45) is -4.81. The molecule has 9 heteroatoms. The minimum Gasteiger partial charge on any atom is -0.444 e. The van der Waals surface area contributed by atoms with Crippen LogP contribution in [-0.2, 0) is 15.7 Å². The third-order valence-electron chi connectivity index (χ3n) is 4.96. The maximum Gasteiger partial charge on any atom is 0.416 e. The lowest BCUT2D eigenvalue weighted by Crippen LogP contribution is -2.55. The fourth-order valence-electron chi connectivity index (χ4n) is 3.81. The van der Waals surface area contributed by atoms with E-state index in [0.717, 1.165) is 6.07 Å². The molecule has 0 unspecified atom stereocenters. The second-order valence-corrected chi connectivity index (χ2v) is 10.1. The van der Waals surface area contributed by atoms with Gasteiger partial charge in [-0.3, -0.25) is 0 Å². The van der Waals surface area contributed by atoms with E-state index in [4.69, 9.17) is 9.47 Å². The number of hydrogen-bond donors (Lipinski definition) is 2. The summed E-state index contributed by atoms with van der Waals surface area (Å²) in [6, 6.07) is 4.34. The van der Waals surface area contributed by atoms with Gasteiger partial charge in [0.1, 0.15) is 11.2 Å². The molecule has 1 aromatic carbocycles. The topological polar surface area (TPSA) is 76.7 Å². The number of alkyl halides is 3. The largest absolute Gasteiger partial charge is 0.444 e. The molecule has 1 fully saturated rings. The van der Waals surface area contributed by atoms with Gasteiger partial charge in [-0.25, -0.2) is 9.59 Å². The Labute approximate surface area is 187 Å². The molecule has 6 nitrogen and oxygen atoms in total. The Kier molecular flexibility index (Phi) is 7.73. The van der Waals surface area contributed by atoms with Gasteiger partial charge in [-0.05, 0) is 78.4 Å². The van der Waals surface area contributed by atoms with Crippen LogP contribution in [0.3, 0.4) is 0 Å². The smallest absolute Gasteiger partial charge is 0.416 e. The van der Waals surface area contributed by atoms with E-state index < -0.39 is 53.1 Å². The maximum absolute atomic E-state index is 13.5. The zero-order valence-corrected chi connectivity index (χ0v) is 19.4. The number of amides is 2. The first-order valence-electron chi connectivity index (χ1n) is 10.7. The van der Waals surface area contributed by atoms with E-state index in [-0.39, 0.29) is 12.0 Å². The zero-order chi connectivity index (χ0) is 24.3. The number of hydrogen-bond acceptors (Lipinski definition) is 4. The van der Waals surface area contributed by atoms with Gasteiger partial charge in [0.05, 0.1) is 17.6 Å². The van der Waals surface area contributed by atoms with Gasteiger partial charge >= 0.3 is 18.4 Å². The van der Waals surface area contributed by atoms with Gasteiger partial charge in [0.2, 0.25) is 0 Å². The highest BCUT2D eigenvalue weighted by atomic mass is 19.4. The van der Waals surface area contributed by atoms with Crippen molar-refractivity contribution in [2.45, 2.75) is 96.2 Å². The third-order valence-corrected chi connectivity index (χ3v) is 4.96. The normalized spacial score (nSPS) is 22.1. The van der Waals surface area contributed by atoms with E-state index in [1.54, 1.807) is 47.6 Å². The average Bonchev–Trinajstić information content (AvgIpc) is 2.59. The van der Waals surface area contributed by atoms with E-state index in [1.165, 1.54) is 12.1 Å². The van der Waals surface area contributed by atoms with Gasteiger partial charge in [-0.2, -0.15) is 13.2 Å². The summed E-state index contributed by atoms with van der Waals surface area (Å²) in [5, 5.41) is 5.50. The van der Waals surface area contributed by atoms with Crippen molar-refractivity contribution in [2.24, 2.45) is 0 Å². The number of ether oxygens (including phenoxy) is 2. The monoisotopic (exact) mass is 458 g/mol. The van der Waals surface area contributed by atoms with Gasteiger partial charge in [-0.15, -0.1) is 0 Å². The van der Waals surface area contributed by atoms with Crippen LogP contribution in [0, 0.1) is 0 Å². The molecule has 0 aliphatic heterocycles. The van der Waals surface area contributed by atoms with Gasteiger partial charge in [0.15, 0.2) is 0 Å². The SMILES string of the molecule is CC(C)(C)OC(=O)N[C@H]1CC[C@H](c2ccccc2C(F)(F)F)C[C@@H]1NC(=O)OC(C)(C)C. The highest BCUT2D eigenvalue weighted by Crippen LogP contribution is 2.40. The molecule has 0 bridgehead atoms. The van der Waals surface area contributed by atoms with E-state index in [9.17, 15) is 22.8 Å². The quantitative estimate of drug-likeness (QED) is 0.604. The Morgan fingerprint density at radius 3 is 1.84 bits per heavy atom. The van der Waals surface area contributed by atoms with E-state index >= 15 is 0 Å². The van der Waals surface area contributed by atoms with Crippen molar-refractivity contribution < 1.29 is 32.2 Å². The van der Waals surface area contributed by atoms with Crippen molar-refractivity contribution in [3.05, 3.63) is 35.4 Å². The van der Waals surface area contributed by atoms with Crippen LogP contribution in [0.15, 0.2) is 24.3 Å². The van der Waals surface area contributed by atoms with Crippen molar-refractivity contribution in [1.82, 2.24) is 10.6 Å². The second kappa shape index (κ2) is 9.58. The molecule has 1 aliphatic carbocycles. The molecule has 1 aliphatic rings. The molecule has 2 amide bonds. The van der Waals surface area contributed by atoms with Crippen molar-refractivity contribution in [3.63, 3.8) is 0 Å². The number of rotatable bonds is 3. The van der Waals surface area contributed by atoms with Crippen LogP contribution in [0.25, 0.3) is 0 Å². The highest BCUT2D eigenvalue weighted by molar-refractivity contribution is 5.70. The van der Waals surface area contributed by atoms with Crippen molar-refractivity contribution in [2.75, 3.05) is 0 Å². The van der Waals surface area contributed by atoms with Crippen LogP contribution in [0.4, 0.5) is 22.8 Å². The number of benzene rings is 1. The van der Waals surface area contributed by atoms with Gasteiger partial charge in [-0.1, -0.05) is 18.2 Å². The third kappa shape index (κ3) is 7.91. The molecular formula is C23H33F3N2O4. The summed E-state index contributed by atoms with van der Waals surface area (Å²) < 4.78 is 51.2. The molecule has 1 saturated carbocycles. The molecule has 180 valence electrons. The minimum atomic E-state index is -4.48. The molecule has 0 spiro atoms. The highest BCUT2D eigenvalue weighted by Gasteiger charge is 2.39. The Morgan fingerprint density at radius 1 is 0.844 bits per heavy atom. The lowest BCUT2D eigenvalue weighted by Gasteiger charge is -2.38. The van der Waals surface area contributed by atoms with Crippen LogP contribution >= 0.6 is 0 Å². The summed E-state index contributed by atoms with van der Waals surface area (Å²) in [7, 11) is 0. The summed E-state index contributed by atoms with van der Waals surface area (Å²) in [5.41, 5.74) is -1.94. The Bertz CT molecular complexity index is 813. The minimum absolute atomic E-state index is 0.187. The van der Waals surface area contributed by atoms with E-state index in [1.807, 2.05) is 0 Å². The van der Waals surface area contributed by atoms with Gasteiger partial charge in [0.25, 0.3) is 0 Å². The molecule has 3 atom stereocenters. The number of alkyl carbamates (subject to hydrolysis) is 2. The predicted octanol–water partition coefficient (Wildman–Crippen LogP) is 5.76. The standard InChI is InChI=1S/C23H33F3N2O4/c1-21(2,3)31-19(29)27-17-12-11-14(13-18(17)28-20(30)32-22(4,5)6)15-9-7-8-10-16(15)23(24,25)26/h7-10,14,17-18H,11-13H2,1-6H3,(H,27,29)(H,28,30)/t14-,17-,18-/m0/s1.